The van der Waals surface area contributed by atoms with Gasteiger partial charge in [0, 0.05) is 45.0 Å². The zero-order valence-corrected chi connectivity index (χ0v) is 20.4. The maximum Gasteiger partial charge on any atom is 0.407 e. The molecule has 1 heterocycles. The number of amides is 1. The van der Waals surface area contributed by atoms with Gasteiger partial charge in [0.15, 0.2) is 5.96 Å². The average Bonchev–Trinajstić information content (AvgIpc) is 3.11. The molecular formula is C21H36IN5O2. The molecule has 1 aromatic rings. The predicted octanol–water partition coefficient (Wildman–Crippen LogP) is 3.21. The molecule has 1 amide bonds. The molecule has 2 rings (SSSR count). The van der Waals surface area contributed by atoms with Crippen LogP contribution in [0.4, 0.5) is 10.5 Å². The number of para-hydroxylation sites is 1. The van der Waals surface area contributed by atoms with E-state index in [0.29, 0.717) is 19.0 Å². The number of benzene rings is 1. The van der Waals surface area contributed by atoms with Crippen molar-refractivity contribution in [1.29, 1.82) is 0 Å². The van der Waals surface area contributed by atoms with Crippen molar-refractivity contribution in [2.45, 2.75) is 39.7 Å². The van der Waals surface area contributed by atoms with Crippen LogP contribution in [0, 0.1) is 5.92 Å². The van der Waals surface area contributed by atoms with Crippen LogP contribution in [0.3, 0.4) is 0 Å². The lowest BCUT2D eigenvalue weighted by atomic mass is 10.1. The third-order valence-corrected chi connectivity index (χ3v) is 4.34. The molecular weight excluding hydrogens is 481 g/mol. The van der Waals surface area contributed by atoms with Gasteiger partial charge in [0.25, 0.3) is 0 Å². The number of carbonyl (C=O) groups excluding carboxylic acids is 1. The van der Waals surface area contributed by atoms with Crippen molar-refractivity contribution >= 4 is 41.7 Å². The van der Waals surface area contributed by atoms with Crippen LogP contribution in [0.1, 0.15) is 34.1 Å². The van der Waals surface area contributed by atoms with E-state index in [2.05, 4.69) is 45.1 Å². The summed E-state index contributed by atoms with van der Waals surface area (Å²) in [4.78, 5) is 18.8. The van der Waals surface area contributed by atoms with E-state index in [1.54, 1.807) is 0 Å². The first kappa shape index (κ1) is 25.3. The molecule has 1 aliphatic rings. The molecule has 1 atom stereocenters. The number of nitrogens with zero attached hydrogens (tertiary/aromatic N) is 2. The highest BCUT2D eigenvalue weighted by molar-refractivity contribution is 14.0. The van der Waals surface area contributed by atoms with Crippen molar-refractivity contribution in [1.82, 2.24) is 16.0 Å². The van der Waals surface area contributed by atoms with Crippen molar-refractivity contribution in [3.8, 4) is 0 Å². The lowest BCUT2D eigenvalue weighted by Crippen LogP contribution is -2.42. The Balaban J connectivity index is 0.00000420. The lowest BCUT2D eigenvalue weighted by molar-refractivity contribution is 0.0529. The third-order valence-electron chi connectivity index (χ3n) is 4.34. The summed E-state index contributed by atoms with van der Waals surface area (Å²) in [5.74, 6) is 1.34. The molecule has 7 nitrogen and oxygen atoms in total. The van der Waals surface area contributed by atoms with Crippen molar-refractivity contribution in [2.75, 3.05) is 44.2 Å². The molecule has 0 radical (unpaired) electrons. The number of alkyl carbamates (subject to hydrolysis) is 1. The molecule has 0 bridgehead atoms. The molecule has 8 heteroatoms. The highest BCUT2D eigenvalue weighted by atomic mass is 127. The van der Waals surface area contributed by atoms with E-state index in [4.69, 9.17) is 9.73 Å². The number of guanidine groups is 1. The van der Waals surface area contributed by atoms with Crippen LogP contribution in [0.5, 0.6) is 0 Å². The van der Waals surface area contributed by atoms with Gasteiger partial charge in [0.05, 0.1) is 0 Å². The number of halogens is 1. The first-order chi connectivity index (χ1) is 13.4. The summed E-state index contributed by atoms with van der Waals surface area (Å²) in [7, 11) is 0. The number of hydrogen-bond donors (Lipinski definition) is 3. The van der Waals surface area contributed by atoms with Crippen LogP contribution >= 0.6 is 24.0 Å². The molecule has 0 saturated carbocycles. The third kappa shape index (κ3) is 10.0. The van der Waals surface area contributed by atoms with Crippen LogP contribution in [-0.2, 0) is 4.74 Å². The van der Waals surface area contributed by atoms with Crippen LogP contribution in [0.2, 0.25) is 0 Å². The molecule has 0 spiro atoms. The monoisotopic (exact) mass is 517 g/mol. The maximum atomic E-state index is 11.7. The summed E-state index contributed by atoms with van der Waals surface area (Å²) < 4.78 is 5.23. The van der Waals surface area contributed by atoms with E-state index in [0.717, 1.165) is 38.6 Å². The highest BCUT2D eigenvalue weighted by Gasteiger charge is 2.22. The van der Waals surface area contributed by atoms with E-state index in [9.17, 15) is 4.79 Å². The highest BCUT2D eigenvalue weighted by Crippen LogP contribution is 2.23. The molecule has 1 aliphatic heterocycles. The van der Waals surface area contributed by atoms with Crippen molar-refractivity contribution < 1.29 is 9.53 Å². The molecule has 164 valence electrons. The van der Waals surface area contributed by atoms with E-state index in [-0.39, 0.29) is 24.0 Å². The van der Waals surface area contributed by atoms with Crippen LogP contribution in [-0.4, -0.2) is 56.9 Å². The second kappa shape index (κ2) is 12.8. The van der Waals surface area contributed by atoms with Gasteiger partial charge in [-0.25, -0.2) is 4.79 Å². The van der Waals surface area contributed by atoms with Gasteiger partial charge in [-0.3, -0.25) is 4.99 Å². The number of ether oxygens (including phenoxy) is 1. The topological polar surface area (TPSA) is 78.0 Å². The zero-order valence-electron chi connectivity index (χ0n) is 18.0. The van der Waals surface area contributed by atoms with Crippen LogP contribution in [0.25, 0.3) is 0 Å². The fraction of sp³-hybridized carbons (Fsp3) is 0.619. The van der Waals surface area contributed by atoms with Gasteiger partial charge in [0.1, 0.15) is 5.60 Å². The molecule has 0 aliphatic carbocycles. The van der Waals surface area contributed by atoms with Crippen LogP contribution in [0.15, 0.2) is 35.3 Å². The van der Waals surface area contributed by atoms with E-state index < -0.39 is 11.7 Å². The van der Waals surface area contributed by atoms with Gasteiger partial charge >= 0.3 is 6.09 Å². The minimum Gasteiger partial charge on any atom is -0.444 e. The Morgan fingerprint density at radius 2 is 1.86 bits per heavy atom. The predicted molar refractivity (Wildman–Crippen MR) is 130 cm³/mol. The first-order valence-electron chi connectivity index (χ1n) is 10.2. The number of carbonyl (C=O) groups is 1. The minimum atomic E-state index is -0.483. The fourth-order valence-electron chi connectivity index (χ4n) is 3.08. The second-order valence-corrected chi connectivity index (χ2v) is 8.01. The van der Waals surface area contributed by atoms with E-state index in [1.807, 2.05) is 33.8 Å². The normalized spacial score (nSPS) is 16.8. The number of nitrogens with one attached hydrogen (secondary N) is 3. The Bertz CT molecular complexity index is 634. The molecule has 1 saturated heterocycles. The standard InChI is InChI=1S/C21H35N5O2.HI/c1-5-22-19(23-12-13-24-20(27)28-21(2,3)4)25-15-17-11-14-26(16-17)18-9-7-6-8-10-18;/h6-10,17H,5,11-16H2,1-4H3,(H,24,27)(H2,22,23,25);1H. The molecule has 1 fully saturated rings. The smallest absolute Gasteiger partial charge is 0.407 e. The molecule has 1 aromatic carbocycles. The Hall–Kier alpha value is -1.71. The number of hydrogen-bond acceptors (Lipinski definition) is 4. The Labute approximate surface area is 192 Å². The van der Waals surface area contributed by atoms with Gasteiger partial charge < -0.3 is 25.6 Å². The van der Waals surface area contributed by atoms with Gasteiger partial charge in [0.2, 0.25) is 0 Å². The SMILES string of the molecule is CCNC(=NCC1CCN(c2ccccc2)C1)NCCNC(=O)OC(C)(C)C.I. The number of rotatable bonds is 7. The average molecular weight is 517 g/mol. The Morgan fingerprint density at radius 3 is 2.52 bits per heavy atom. The summed E-state index contributed by atoms with van der Waals surface area (Å²) in [6.07, 6.45) is 0.751. The van der Waals surface area contributed by atoms with E-state index >= 15 is 0 Å². The molecule has 0 aromatic heterocycles. The zero-order chi connectivity index (χ0) is 20.4. The van der Waals surface area contributed by atoms with Crippen molar-refractivity contribution in [2.24, 2.45) is 10.9 Å². The molecule has 29 heavy (non-hydrogen) atoms. The van der Waals surface area contributed by atoms with Gasteiger partial charge in [-0.2, -0.15) is 0 Å². The minimum absolute atomic E-state index is 0. The first-order valence-corrected chi connectivity index (χ1v) is 10.2. The maximum absolute atomic E-state index is 11.7. The van der Waals surface area contributed by atoms with Gasteiger partial charge in [-0.1, -0.05) is 18.2 Å². The Kier molecular flexibility index (Phi) is 11.2. The van der Waals surface area contributed by atoms with Crippen molar-refractivity contribution in [3.05, 3.63) is 30.3 Å². The Morgan fingerprint density at radius 1 is 1.17 bits per heavy atom. The number of aliphatic imine (C=N–C) groups is 1. The van der Waals surface area contributed by atoms with Crippen LogP contribution < -0.4 is 20.9 Å². The summed E-state index contributed by atoms with van der Waals surface area (Å²) >= 11 is 0. The summed E-state index contributed by atoms with van der Waals surface area (Å²) in [6.45, 7) is 12.4. The fourth-order valence-corrected chi connectivity index (χ4v) is 3.08. The molecule has 1 unspecified atom stereocenters. The lowest BCUT2D eigenvalue weighted by Gasteiger charge is -2.20. The van der Waals surface area contributed by atoms with Gasteiger partial charge in [-0.15, -0.1) is 24.0 Å². The van der Waals surface area contributed by atoms with E-state index in [1.165, 1.54) is 5.69 Å². The largest absolute Gasteiger partial charge is 0.444 e. The summed E-state index contributed by atoms with van der Waals surface area (Å²) in [5, 5.41) is 9.26. The summed E-state index contributed by atoms with van der Waals surface area (Å²) in [5.41, 5.74) is 0.801. The molecule has 3 N–H and O–H groups in total. The number of anilines is 1. The second-order valence-electron chi connectivity index (χ2n) is 8.01. The summed E-state index contributed by atoms with van der Waals surface area (Å²) in [6, 6.07) is 10.5. The van der Waals surface area contributed by atoms with Crippen molar-refractivity contribution in [3.63, 3.8) is 0 Å². The van der Waals surface area contributed by atoms with Gasteiger partial charge in [-0.05, 0) is 52.2 Å². The quantitative estimate of drug-likeness (QED) is 0.224.